The fourth-order valence-corrected chi connectivity index (χ4v) is 3.69. The molecular formula is C20H24N4O2. The van der Waals surface area contributed by atoms with Gasteiger partial charge in [-0.25, -0.2) is 9.97 Å². The van der Waals surface area contributed by atoms with Crippen molar-refractivity contribution < 1.29 is 9.53 Å². The van der Waals surface area contributed by atoms with Crippen molar-refractivity contribution in [2.24, 2.45) is 0 Å². The molecule has 26 heavy (non-hydrogen) atoms. The number of carbonyl (C=O) groups excluding carboxylic acids is 1. The lowest BCUT2D eigenvalue weighted by Crippen LogP contribution is -2.42. The predicted octanol–water partition coefficient (Wildman–Crippen LogP) is 3.13. The molecule has 2 aromatic rings. The molecule has 6 heteroatoms. The molecule has 2 aliphatic rings. The van der Waals surface area contributed by atoms with Crippen molar-refractivity contribution in [3.8, 4) is 5.88 Å². The third kappa shape index (κ3) is 3.79. The summed E-state index contributed by atoms with van der Waals surface area (Å²) in [7, 11) is 0. The molecule has 0 radical (unpaired) electrons. The van der Waals surface area contributed by atoms with Crippen LogP contribution in [0.5, 0.6) is 5.88 Å². The van der Waals surface area contributed by atoms with Crippen molar-refractivity contribution in [1.82, 2.24) is 19.4 Å². The molecule has 136 valence electrons. The van der Waals surface area contributed by atoms with Crippen LogP contribution in [0.4, 0.5) is 0 Å². The first-order chi connectivity index (χ1) is 12.8. The van der Waals surface area contributed by atoms with Gasteiger partial charge in [-0.15, -0.1) is 0 Å². The number of hydrogen-bond donors (Lipinski definition) is 0. The van der Waals surface area contributed by atoms with Gasteiger partial charge in [-0.2, -0.15) is 0 Å². The minimum absolute atomic E-state index is 0.0486. The van der Waals surface area contributed by atoms with Gasteiger partial charge in [0.05, 0.1) is 24.6 Å². The number of imidazole rings is 1. The summed E-state index contributed by atoms with van der Waals surface area (Å²) in [5, 5.41) is 0. The third-order valence-corrected chi connectivity index (χ3v) is 5.10. The SMILES string of the molecule is O=C(CC1=CCCCC1)N1Cc2cncn2[C@H](COc2ccccn2)C1. The van der Waals surface area contributed by atoms with Crippen molar-refractivity contribution >= 4 is 5.91 Å². The van der Waals surface area contributed by atoms with Crippen LogP contribution in [0.25, 0.3) is 0 Å². The highest BCUT2D eigenvalue weighted by atomic mass is 16.5. The summed E-state index contributed by atoms with van der Waals surface area (Å²) in [5.74, 6) is 0.804. The number of fused-ring (bicyclic) bond motifs is 1. The smallest absolute Gasteiger partial charge is 0.227 e. The summed E-state index contributed by atoms with van der Waals surface area (Å²) in [6.07, 6.45) is 12.8. The molecule has 0 bridgehead atoms. The molecule has 0 spiro atoms. The lowest BCUT2D eigenvalue weighted by atomic mass is 9.96. The number of carbonyl (C=O) groups is 1. The summed E-state index contributed by atoms with van der Waals surface area (Å²) in [6.45, 7) is 1.72. The molecule has 4 rings (SSSR count). The first-order valence-corrected chi connectivity index (χ1v) is 9.30. The summed E-state index contributed by atoms with van der Waals surface area (Å²) < 4.78 is 7.96. The lowest BCUT2D eigenvalue weighted by Gasteiger charge is -2.34. The van der Waals surface area contributed by atoms with Gasteiger partial charge in [0.25, 0.3) is 0 Å². The van der Waals surface area contributed by atoms with Gasteiger partial charge >= 0.3 is 0 Å². The number of pyridine rings is 1. The van der Waals surface area contributed by atoms with Gasteiger partial charge in [-0.1, -0.05) is 17.7 Å². The minimum Gasteiger partial charge on any atom is -0.475 e. The maximum absolute atomic E-state index is 12.8. The van der Waals surface area contributed by atoms with Crippen LogP contribution in [0, 0.1) is 0 Å². The third-order valence-electron chi connectivity index (χ3n) is 5.10. The minimum atomic E-state index is 0.0486. The Labute approximate surface area is 153 Å². The Balaban J connectivity index is 1.43. The highest BCUT2D eigenvalue weighted by Gasteiger charge is 2.28. The topological polar surface area (TPSA) is 60.2 Å². The molecule has 2 aromatic heterocycles. The first-order valence-electron chi connectivity index (χ1n) is 9.30. The van der Waals surface area contributed by atoms with E-state index in [0.29, 0.717) is 32.0 Å². The molecule has 1 aliphatic carbocycles. The Morgan fingerprint density at radius 2 is 2.27 bits per heavy atom. The molecule has 0 aromatic carbocycles. The number of hydrogen-bond acceptors (Lipinski definition) is 4. The second kappa shape index (κ2) is 7.72. The van der Waals surface area contributed by atoms with Crippen molar-refractivity contribution in [2.45, 2.75) is 44.7 Å². The molecular weight excluding hydrogens is 328 g/mol. The van der Waals surface area contributed by atoms with Crippen molar-refractivity contribution in [3.63, 3.8) is 0 Å². The normalized spacial score (nSPS) is 19.6. The number of allylic oxidation sites excluding steroid dienone is 1. The van der Waals surface area contributed by atoms with E-state index in [2.05, 4.69) is 20.6 Å². The Bertz CT molecular complexity index is 784. The average molecular weight is 352 g/mol. The van der Waals surface area contributed by atoms with Crippen LogP contribution in [0.3, 0.4) is 0 Å². The summed E-state index contributed by atoms with van der Waals surface area (Å²) in [4.78, 5) is 23.2. The maximum atomic E-state index is 12.8. The van der Waals surface area contributed by atoms with Gasteiger partial charge in [0.2, 0.25) is 11.8 Å². The van der Waals surface area contributed by atoms with Crippen molar-refractivity contribution in [3.05, 3.63) is 54.3 Å². The Morgan fingerprint density at radius 1 is 1.31 bits per heavy atom. The molecule has 0 unspecified atom stereocenters. The fraction of sp³-hybridized carbons (Fsp3) is 0.450. The van der Waals surface area contributed by atoms with E-state index in [0.717, 1.165) is 18.5 Å². The van der Waals surface area contributed by atoms with Crippen molar-refractivity contribution in [1.29, 1.82) is 0 Å². The van der Waals surface area contributed by atoms with Crippen LogP contribution >= 0.6 is 0 Å². The molecule has 1 aliphatic heterocycles. The van der Waals surface area contributed by atoms with Gasteiger partial charge in [0.1, 0.15) is 6.61 Å². The number of nitrogens with zero attached hydrogens (tertiary/aromatic N) is 4. The van der Waals surface area contributed by atoms with E-state index in [1.54, 1.807) is 6.20 Å². The molecule has 6 nitrogen and oxygen atoms in total. The molecule has 1 atom stereocenters. The Morgan fingerprint density at radius 3 is 3.08 bits per heavy atom. The van der Waals surface area contributed by atoms with Gasteiger partial charge in [-0.05, 0) is 31.7 Å². The van der Waals surface area contributed by atoms with E-state index >= 15 is 0 Å². The monoisotopic (exact) mass is 352 g/mol. The lowest BCUT2D eigenvalue weighted by molar-refractivity contribution is -0.132. The van der Waals surface area contributed by atoms with E-state index in [9.17, 15) is 4.79 Å². The first kappa shape index (κ1) is 16.8. The van der Waals surface area contributed by atoms with Crippen LogP contribution in [-0.2, 0) is 11.3 Å². The fourth-order valence-electron chi connectivity index (χ4n) is 3.69. The van der Waals surface area contributed by atoms with E-state index in [-0.39, 0.29) is 11.9 Å². The Kier molecular flexibility index (Phi) is 5.00. The number of rotatable bonds is 5. The highest BCUT2D eigenvalue weighted by molar-refractivity contribution is 5.79. The largest absolute Gasteiger partial charge is 0.475 e. The van der Waals surface area contributed by atoms with Gasteiger partial charge in [0.15, 0.2) is 0 Å². The predicted molar refractivity (Wildman–Crippen MR) is 97.6 cm³/mol. The molecule has 0 saturated carbocycles. The van der Waals surface area contributed by atoms with E-state index in [1.165, 1.54) is 18.4 Å². The van der Waals surface area contributed by atoms with Crippen LogP contribution in [-0.4, -0.2) is 38.5 Å². The highest BCUT2D eigenvalue weighted by Crippen LogP contribution is 2.25. The van der Waals surface area contributed by atoms with Gasteiger partial charge in [0, 0.05) is 31.4 Å². The molecule has 0 N–H and O–H groups in total. The van der Waals surface area contributed by atoms with Crippen LogP contribution in [0.1, 0.15) is 43.8 Å². The number of aromatic nitrogens is 3. The standard InChI is InChI=1S/C20H24N4O2/c25-20(10-16-6-2-1-3-7-16)23-12-17-11-21-15-24(17)18(13-23)14-26-19-8-4-5-9-22-19/h4-6,8-9,11,15,18H,1-3,7,10,12-14H2/t18-/m0/s1. The number of ether oxygens (including phenoxy) is 1. The second-order valence-electron chi connectivity index (χ2n) is 6.98. The van der Waals surface area contributed by atoms with Gasteiger partial charge in [-0.3, -0.25) is 4.79 Å². The maximum Gasteiger partial charge on any atom is 0.227 e. The zero-order chi connectivity index (χ0) is 17.8. The summed E-state index contributed by atoms with van der Waals surface area (Å²) in [5.41, 5.74) is 2.35. The summed E-state index contributed by atoms with van der Waals surface area (Å²) >= 11 is 0. The zero-order valence-corrected chi connectivity index (χ0v) is 14.9. The second-order valence-corrected chi connectivity index (χ2v) is 6.98. The van der Waals surface area contributed by atoms with Crippen molar-refractivity contribution in [2.75, 3.05) is 13.2 Å². The molecule has 0 saturated heterocycles. The molecule has 1 amide bonds. The quantitative estimate of drug-likeness (QED) is 0.776. The molecule has 0 fully saturated rings. The Hall–Kier alpha value is -2.63. The van der Waals surface area contributed by atoms with Crippen LogP contribution < -0.4 is 4.74 Å². The molecule has 3 heterocycles. The van der Waals surface area contributed by atoms with E-state index in [1.807, 2.05) is 35.6 Å². The van der Waals surface area contributed by atoms with E-state index in [4.69, 9.17) is 4.74 Å². The zero-order valence-electron chi connectivity index (χ0n) is 14.9. The van der Waals surface area contributed by atoms with E-state index < -0.39 is 0 Å². The van der Waals surface area contributed by atoms with Gasteiger partial charge < -0.3 is 14.2 Å². The average Bonchev–Trinajstić information content (AvgIpc) is 3.16. The summed E-state index contributed by atoms with van der Waals surface area (Å²) in [6, 6.07) is 5.66. The van der Waals surface area contributed by atoms with Crippen LogP contribution in [0.2, 0.25) is 0 Å². The number of amides is 1. The van der Waals surface area contributed by atoms with Crippen LogP contribution in [0.15, 0.2) is 48.6 Å².